The Bertz CT molecular complexity index is 859. The lowest BCUT2D eigenvalue weighted by Crippen LogP contribution is -2.47. The molecule has 3 aliphatic rings. The Kier molecular flexibility index (Phi) is 8.29. The fraction of sp³-hybridized carbons (Fsp3) is 0.704. The highest BCUT2D eigenvalue weighted by molar-refractivity contribution is 7.15. The summed E-state index contributed by atoms with van der Waals surface area (Å²) in [6.45, 7) is 5.00. The molecule has 0 atom stereocenters. The standard InChI is InChI=1S/C27H39NO4S/c1-3-32-22-15-13-21(14-16-22)28(26(29)20-11-9-18(2)10-12-20)23-17-24(33-25(23)27(30)31)19-7-5-4-6-8-19/h7,17-18,20-22H,3-6,8-16H2,1-2H3,(H,30,31)/t18-,20-,21-,22-. The average Bonchev–Trinajstić information content (AvgIpc) is 3.27. The van der Waals surface area contributed by atoms with Crippen molar-refractivity contribution >= 4 is 34.5 Å². The monoisotopic (exact) mass is 473 g/mol. The largest absolute Gasteiger partial charge is 0.477 e. The van der Waals surface area contributed by atoms with Crippen molar-refractivity contribution in [3.05, 3.63) is 21.9 Å². The van der Waals surface area contributed by atoms with Crippen molar-refractivity contribution in [2.24, 2.45) is 11.8 Å². The van der Waals surface area contributed by atoms with E-state index in [0.29, 0.717) is 23.1 Å². The summed E-state index contributed by atoms with van der Waals surface area (Å²) in [6.07, 6.45) is 14.5. The molecule has 33 heavy (non-hydrogen) atoms. The van der Waals surface area contributed by atoms with Gasteiger partial charge in [0.15, 0.2) is 0 Å². The number of ether oxygens (including phenoxy) is 1. The molecule has 182 valence electrons. The highest BCUT2D eigenvalue weighted by Gasteiger charge is 2.37. The number of thiophene rings is 1. The highest BCUT2D eigenvalue weighted by atomic mass is 32.1. The summed E-state index contributed by atoms with van der Waals surface area (Å²) >= 11 is 1.35. The Labute approximate surface area is 202 Å². The topological polar surface area (TPSA) is 66.8 Å². The molecule has 1 aromatic rings. The summed E-state index contributed by atoms with van der Waals surface area (Å²) in [7, 11) is 0. The quantitative estimate of drug-likeness (QED) is 0.467. The number of carbonyl (C=O) groups excluding carboxylic acids is 1. The van der Waals surface area contributed by atoms with Crippen LogP contribution in [0.25, 0.3) is 5.57 Å². The van der Waals surface area contributed by atoms with Gasteiger partial charge in [-0.05, 0) is 102 Å². The normalized spacial score (nSPS) is 28.2. The van der Waals surface area contributed by atoms with Gasteiger partial charge in [-0.1, -0.05) is 13.0 Å². The summed E-state index contributed by atoms with van der Waals surface area (Å²) in [5, 5.41) is 10.1. The predicted octanol–water partition coefficient (Wildman–Crippen LogP) is 6.91. The maximum absolute atomic E-state index is 14.0. The van der Waals surface area contributed by atoms with Crippen LogP contribution in [0.4, 0.5) is 5.69 Å². The van der Waals surface area contributed by atoms with Crippen LogP contribution in [0, 0.1) is 11.8 Å². The van der Waals surface area contributed by atoms with E-state index in [4.69, 9.17) is 4.74 Å². The van der Waals surface area contributed by atoms with Crippen molar-refractivity contribution in [1.82, 2.24) is 0 Å². The number of hydrogen-bond acceptors (Lipinski definition) is 4. The lowest BCUT2D eigenvalue weighted by atomic mass is 9.81. The van der Waals surface area contributed by atoms with E-state index < -0.39 is 5.97 Å². The number of rotatable bonds is 7. The van der Waals surface area contributed by atoms with Gasteiger partial charge in [0, 0.05) is 23.4 Å². The molecule has 0 bridgehead atoms. The van der Waals surface area contributed by atoms with Gasteiger partial charge in [-0.25, -0.2) is 4.79 Å². The van der Waals surface area contributed by atoms with Crippen LogP contribution in [0.3, 0.4) is 0 Å². The lowest BCUT2D eigenvalue weighted by molar-refractivity contribution is -0.124. The third-order valence-corrected chi connectivity index (χ3v) is 8.98. The first-order valence-corrected chi connectivity index (χ1v) is 13.8. The molecule has 3 aliphatic carbocycles. The summed E-state index contributed by atoms with van der Waals surface area (Å²) in [4.78, 5) is 29.6. The maximum atomic E-state index is 14.0. The van der Waals surface area contributed by atoms with Crippen LogP contribution < -0.4 is 4.90 Å². The Morgan fingerprint density at radius 1 is 1.09 bits per heavy atom. The second kappa shape index (κ2) is 11.2. The molecular formula is C27H39NO4S. The Hall–Kier alpha value is -1.66. The highest BCUT2D eigenvalue weighted by Crippen LogP contribution is 2.42. The van der Waals surface area contributed by atoms with E-state index in [2.05, 4.69) is 13.0 Å². The van der Waals surface area contributed by atoms with Crippen molar-refractivity contribution < 1.29 is 19.4 Å². The van der Waals surface area contributed by atoms with E-state index >= 15 is 0 Å². The van der Waals surface area contributed by atoms with E-state index in [-0.39, 0.29) is 24.0 Å². The molecule has 1 amide bonds. The smallest absolute Gasteiger partial charge is 0.348 e. The van der Waals surface area contributed by atoms with Gasteiger partial charge in [0.05, 0.1) is 11.8 Å². The number of allylic oxidation sites excluding steroid dienone is 2. The minimum atomic E-state index is -0.921. The van der Waals surface area contributed by atoms with Gasteiger partial charge in [0.1, 0.15) is 4.88 Å². The minimum absolute atomic E-state index is 0.00436. The third-order valence-electron chi connectivity index (χ3n) is 7.79. The Balaban J connectivity index is 1.66. The van der Waals surface area contributed by atoms with E-state index in [1.54, 1.807) is 0 Å². The molecule has 0 spiro atoms. The molecule has 0 aromatic carbocycles. The second-order valence-electron chi connectivity index (χ2n) is 10.2. The van der Waals surface area contributed by atoms with Crippen LogP contribution in [-0.4, -0.2) is 35.7 Å². The summed E-state index contributed by atoms with van der Waals surface area (Å²) < 4.78 is 5.85. The van der Waals surface area contributed by atoms with Crippen LogP contribution in [0.15, 0.2) is 12.1 Å². The zero-order valence-corrected chi connectivity index (χ0v) is 21.0. The average molecular weight is 474 g/mol. The Morgan fingerprint density at radius 2 is 1.82 bits per heavy atom. The molecule has 2 saturated carbocycles. The molecule has 4 rings (SSSR count). The molecule has 5 nitrogen and oxygen atoms in total. The Morgan fingerprint density at radius 3 is 2.42 bits per heavy atom. The lowest BCUT2D eigenvalue weighted by Gasteiger charge is -2.39. The maximum Gasteiger partial charge on any atom is 0.348 e. The van der Waals surface area contributed by atoms with E-state index in [1.165, 1.54) is 23.3 Å². The first-order valence-electron chi connectivity index (χ1n) is 13.0. The SMILES string of the molecule is CCO[C@H]1CC[C@H](N(c2cc(C3=CCCCC3)sc2C(=O)O)C(=O)[C@H]2CC[C@H](C)CC2)CC1. The number of nitrogens with zero attached hydrogens (tertiary/aromatic N) is 1. The second-order valence-corrected chi connectivity index (χ2v) is 11.2. The molecule has 6 heteroatoms. The molecular weight excluding hydrogens is 434 g/mol. The van der Waals surface area contributed by atoms with Crippen LogP contribution in [0.5, 0.6) is 0 Å². The summed E-state index contributed by atoms with van der Waals surface area (Å²) in [5.41, 5.74) is 1.89. The molecule has 2 fully saturated rings. The van der Waals surface area contributed by atoms with E-state index in [0.717, 1.165) is 75.5 Å². The third kappa shape index (κ3) is 5.71. The number of hydrogen-bond donors (Lipinski definition) is 1. The van der Waals surface area contributed by atoms with Crippen molar-refractivity contribution in [3.63, 3.8) is 0 Å². The van der Waals surface area contributed by atoms with Gasteiger partial charge in [0.25, 0.3) is 0 Å². The number of carbonyl (C=O) groups is 2. The van der Waals surface area contributed by atoms with Crippen molar-refractivity contribution in [2.75, 3.05) is 11.5 Å². The van der Waals surface area contributed by atoms with Gasteiger partial charge in [0.2, 0.25) is 5.91 Å². The first kappa shape index (κ1) is 24.5. The van der Waals surface area contributed by atoms with Crippen molar-refractivity contribution in [2.45, 2.75) is 103 Å². The molecule has 1 heterocycles. The zero-order valence-electron chi connectivity index (χ0n) is 20.2. The molecule has 0 radical (unpaired) electrons. The van der Waals surface area contributed by atoms with E-state index in [9.17, 15) is 14.7 Å². The number of anilines is 1. The fourth-order valence-electron chi connectivity index (χ4n) is 5.84. The minimum Gasteiger partial charge on any atom is -0.477 e. The number of amides is 1. The number of carboxylic acid groups (broad SMARTS) is 1. The van der Waals surface area contributed by atoms with Crippen LogP contribution in [0.1, 0.15) is 105 Å². The van der Waals surface area contributed by atoms with Crippen molar-refractivity contribution in [1.29, 1.82) is 0 Å². The fourth-order valence-corrected chi connectivity index (χ4v) is 6.89. The molecule has 1 aromatic heterocycles. The van der Waals surface area contributed by atoms with Crippen LogP contribution in [0.2, 0.25) is 0 Å². The first-order chi connectivity index (χ1) is 16.0. The molecule has 0 saturated heterocycles. The van der Waals surface area contributed by atoms with Gasteiger partial charge in [-0.15, -0.1) is 11.3 Å². The predicted molar refractivity (Wildman–Crippen MR) is 134 cm³/mol. The number of aromatic carboxylic acids is 1. The van der Waals surface area contributed by atoms with Gasteiger partial charge in [-0.2, -0.15) is 0 Å². The van der Waals surface area contributed by atoms with Crippen LogP contribution in [-0.2, 0) is 9.53 Å². The van der Waals surface area contributed by atoms with Gasteiger partial charge in [-0.3, -0.25) is 4.79 Å². The molecule has 1 N–H and O–H groups in total. The molecule has 0 unspecified atom stereocenters. The molecule has 0 aliphatic heterocycles. The van der Waals surface area contributed by atoms with E-state index in [1.807, 2.05) is 17.9 Å². The summed E-state index contributed by atoms with van der Waals surface area (Å²) in [6, 6.07) is 2.07. The van der Waals surface area contributed by atoms with Crippen molar-refractivity contribution in [3.8, 4) is 0 Å². The summed E-state index contributed by atoms with van der Waals surface area (Å²) in [5.74, 6) is -0.101. The number of carboxylic acids is 1. The van der Waals surface area contributed by atoms with Gasteiger partial charge >= 0.3 is 5.97 Å². The van der Waals surface area contributed by atoms with Gasteiger partial charge < -0.3 is 14.7 Å². The zero-order chi connectivity index (χ0) is 23.4. The van der Waals surface area contributed by atoms with Crippen LogP contribution >= 0.6 is 11.3 Å².